The molecule has 2 N–H and O–H groups in total. The largest absolute Gasteiger partial charge is 0.335 e. The number of aromatic nitrogens is 1. The van der Waals surface area contributed by atoms with Gasteiger partial charge in [0.1, 0.15) is 0 Å². The van der Waals surface area contributed by atoms with Crippen LogP contribution in [-0.2, 0) is 6.54 Å². The van der Waals surface area contributed by atoms with Crippen LogP contribution in [0.3, 0.4) is 0 Å². The van der Waals surface area contributed by atoms with Gasteiger partial charge in [-0.05, 0) is 56.5 Å². The number of nitrogens with zero attached hydrogens (tertiary/aromatic N) is 1. The number of hydrogen-bond acceptors (Lipinski definition) is 1. The fourth-order valence-corrected chi connectivity index (χ4v) is 3.69. The Balaban J connectivity index is 1.68. The van der Waals surface area contributed by atoms with E-state index in [9.17, 15) is 4.79 Å². The lowest BCUT2D eigenvalue weighted by Gasteiger charge is -2.13. The normalized spacial score (nSPS) is 14.8. The van der Waals surface area contributed by atoms with Gasteiger partial charge >= 0.3 is 6.03 Å². The molecule has 0 radical (unpaired) electrons. The third-order valence-corrected chi connectivity index (χ3v) is 4.97. The van der Waals surface area contributed by atoms with E-state index in [0.29, 0.717) is 12.6 Å². The molecule has 0 aliphatic heterocycles. The Bertz CT molecular complexity index is 732. The molecule has 1 aliphatic carbocycles. The van der Waals surface area contributed by atoms with Crippen molar-refractivity contribution in [1.82, 2.24) is 15.2 Å². The zero-order valence-corrected chi connectivity index (χ0v) is 15.0. The quantitative estimate of drug-likeness (QED) is 0.842. The number of amides is 2. The molecule has 1 aliphatic rings. The van der Waals surface area contributed by atoms with Crippen molar-refractivity contribution in [2.24, 2.45) is 0 Å². The summed E-state index contributed by atoms with van der Waals surface area (Å²) in [7, 11) is 0. The highest BCUT2D eigenvalue weighted by Gasteiger charge is 2.17. The number of halogens is 1. The van der Waals surface area contributed by atoms with Crippen LogP contribution in [0, 0.1) is 13.8 Å². The second kappa shape index (κ2) is 7.31. The molecule has 1 saturated carbocycles. The molecular formula is C19H24ClN3O. The van der Waals surface area contributed by atoms with Gasteiger partial charge in [-0.15, -0.1) is 0 Å². The Labute approximate surface area is 148 Å². The Morgan fingerprint density at radius 2 is 2.00 bits per heavy atom. The molecule has 128 valence electrons. The number of urea groups is 1. The molecule has 3 rings (SSSR count). The van der Waals surface area contributed by atoms with E-state index in [1.165, 1.54) is 12.8 Å². The van der Waals surface area contributed by atoms with Gasteiger partial charge in [0.15, 0.2) is 0 Å². The Morgan fingerprint density at radius 3 is 2.71 bits per heavy atom. The summed E-state index contributed by atoms with van der Waals surface area (Å²) in [5.74, 6) is 0. The van der Waals surface area contributed by atoms with Crippen LogP contribution in [0.25, 0.3) is 5.69 Å². The average molecular weight is 346 g/mol. The van der Waals surface area contributed by atoms with Gasteiger partial charge in [-0.3, -0.25) is 0 Å². The van der Waals surface area contributed by atoms with Crippen molar-refractivity contribution in [3.8, 4) is 5.69 Å². The second-order valence-electron chi connectivity index (χ2n) is 6.52. The highest BCUT2D eigenvalue weighted by molar-refractivity contribution is 6.30. The smallest absolute Gasteiger partial charge is 0.315 e. The molecule has 0 saturated heterocycles. The number of nitrogens with one attached hydrogen (secondary N) is 2. The first-order valence-corrected chi connectivity index (χ1v) is 8.90. The van der Waals surface area contributed by atoms with Crippen LogP contribution in [0.5, 0.6) is 0 Å². The molecule has 2 amide bonds. The third-order valence-electron chi connectivity index (χ3n) is 4.73. The predicted octanol–water partition coefficient (Wildman–Crippen LogP) is 4.49. The predicted molar refractivity (Wildman–Crippen MR) is 97.9 cm³/mol. The van der Waals surface area contributed by atoms with Gasteiger partial charge in [0.2, 0.25) is 0 Å². The van der Waals surface area contributed by atoms with Crippen LogP contribution in [0.15, 0.2) is 30.3 Å². The van der Waals surface area contributed by atoms with Gasteiger partial charge in [0.05, 0.1) is 0 Å². The van der Waals surface area contributed by atoms with Crippen LogP contribution >= 0.6 is 11.6 Å². The van der Waals surface area contributed by atoms with Crippen LogP contribution in [0.1, 0.15) is 42.6 Å². The van der Waals surface area contributed by atoms with Gasteiger partial charge in [0.25, 0.3) is 0 Å². The molecule has 24 heavy (non-hydrogen) atoms. The Morgan fingerprint density at radius 1 is 1.25 bits per heavy atom. The fraction of sp³-hybridized carbons (Fsp3) is 0.421. The monoisotopic (exact) mass is 345 g/mol. The Kier molecular flexibility index (Phi) is 5.14. The number of carbonyl (C=O) groups is 1. The summed E-state index contributed by atoms with van der Waals surface area (Å²) in [6, 6.07) is 10.2. The summed E-state index contributed by atoms with van der Waals surface area (Å²) in [4.78, 5) is 12.0. The number of hydrogen-bond donors (Lipinski definition) is 2. The first kappa shape index (κ1) is 16.9. The molecule has 1 fully saturated rings. The van der Waals surface area contributed by atoms with Gasteiger partial charge in [-0.25, -0.2) is 4.79 Å². The molecule has 0 atom stereocenters. The lowest BCUT2D eigenvalue weighted by Crippen LogP contribution is -2.40. The van der Waals surface area contributed by atoms with E-state index < -0.39 is 0 Å². The Hall–Kier alpha value is -1.94. The first-order chi connectivity index (χ1) is 11.5. The zero-order chi connectivity index (χ0) is 17.1. The summed E-state index contributed by atoms with van der Waals surface area (Å²) in [6.07, 6.45) is 4.62. The minimum atomic E-state index is -0.0746. The van der Waals surface area contributed by atoms with Crippen molar-refractivity contribution in [3.63, 3.8) is 0 Å². The molecule has 0 unspecified atom stereocenters. The van der Waals surface area contributed by atoms with Crippen molar-refractivity contribution < 1.29 is 4.79 Å². The van der Waals surface area contributed by atoms with Crippen molar-refractivity contribution in [2.75, 3.05) is 0 Å². The molecule has 0 spiro atoms. The topological polar surface area (TPSA) is 46.1 Å². The van der Waals surface area contributed by atoms with Crippen molar-refractivity contribution >= 4 is 17.6 Å². The first-order valence-electron chi connectivity index (χ1n) is 8.52. The third kappa shape index (κ3) is 3.75. The van der Waals surface area contributed by atoms with E-state index in [0.717, 1.165) is 40.5 Å². The van der Waals surface area contributed by atoms with E-state index in [4.69, 9.17) is 11.6 Å². The standard InChI is InChI=1S/C19H24ClN3O/c1-13-10-15(12-21-19(24)22-17-7-3-4-8-17)14(2)23(13)18-9-5-6-16(20)11-18/h5-6,9-11,17H,3-4,7-8,12H2,1-2H3,(H2,21,22,24). The molecular weight excluding hydrogens is 322 g/mol. The molecule has 4 nitrogen and oxygen atoms in total. The maximum atomic E-state index is 12.0. The van der Waals surface area contributed by atoms with Crippen molar-refractivity contribution in [2.45, 2.75) is 52.1 Å². The fourth-order valence-electron chi connectivity index (χ4n) is 3.50. The molecule has 1 heterocycles. The molecule has 5 heteroatoms. The number of carbonyl (C=O) groups excluding carboxylic acids is 1. The van der Waals surface area contributed by atoms with Gasteiger partial charge in [-0.2, -0.15) is 0 Å². The minimum absolute atomic E-state index is 0.0746. The average Bonchev–Trinajstić information content (AvgIpc) is 3.13. The lowest BCUT2D eigenvalue weighted by molar-refractivity contribution is 0.236. The molecule has 2 aromatic rings. The SMILES string of the molecule is Cc1cc(CNC(=O)NC2CCCC2)c(C)n1-c1cccc(Cl)c1. The van der Waals surface area contributed by atoms with Gasteiger partial charge in [0, 0.05) is 34.7 Å². The number of benzene rings is 1. The zero-order valence-electron chi connectivity index (χ0n) is 14.2. The summed E-state index contributed by atoms with van der Waals surface area (Å²) in [5, 5.41) is 6.75. The van der Waals surface area contributed by atoms with E-state index in [1.807, 2.05) is 24.3 Å². The maximum Gasteiger partial charge on any atom is 0.315 e. The highest BCUT2D eigenvalue weighted by Crippen LogP contribution is 2.23. The van der Waals surface area contributed by atoms with Crippen LogP contribution in [-0.4, -0.2) is 16.6 Å². The summed E-state index contributed by atoms with van der Waals surface area (Å²) >= 11 is 6.11. The van der Waals surface area contributed by atoms with Gasteiger partial charge in [-0.1, -0.05) is 30.5 Å². The van der Waals surface area contributed by atoms with Crippen LogP contribution in [0.4, 0.5) is 4.79 Å². The lowest BCUT2D eigenvalue weighted by atomic mass is 10.2. The second-order valence-corrected chi connectivity index (χ2v) is 6.96. The summed E-state index contributed by atoms with van der Waals surface area (Å²) < 4.78 is 2.16. The van der Waals surface area contributed by atoms with E-state index in [2.05, 4.69) is 35.1 Å². The summed E-state index contributed by atoms with van der Waals surface area (Å²) in [6.45, 7) is 4.66. The number of aryl methyl sites for hydroxylation is 1. The van der Waals surface area contributed by atoms with Gasteiger partial charge < -0.3 is 15.2 Å². The molecule has 0 bridgehead atoms. The van der Waals surface area contributed by atoms with E-state index in [-0.39, 0.29) is 6.03 Å². The maximum absolute atomic E-state index is 12.0. The molecule has 1 aromatic carbocycles. The van der Waals surface area contributed by atoms with Crippen LogP contribution < -0.4 is 10.6 Å². The van der Waals surface area contributed by atoms with Crippen molar-refractivity contribution in [3.05, 3.63) is 52.3 Å². The van der Waals surface area contributed by atoms with Crippen molar-refractivity contribution in [1.29, 1.82) is 0 Å². The number of rotatable bonds is 4. The van der Waals surface area contributed by atoms with Crippen LogP contribution in [0.2, 0.25) is 5.02 Å². The summed E-state index contributed by atoms with van der Waals surface area (Å²) in [5.41, 5.74) is 4.41. The highest BCUT2D eigenvalue weighted by atomic mass is 35.5. The van der Waals surface area contributed by atoms with E-state index in [1.54, 1.807) is 0 Å². The minimum Gasteiger partial charge on any atom is -0.335 e. The molecule has 1 aromatic heterocycles. The van der Waals surface area contributed by atoms with E-state index >= 15 is 0 Å².